The molecule has 1 aliphatic carbocycles. The maximum Gasteiger partial charge on any atom is 0.0237 e. The maximum atomic E-state index is 3.50. The summed E-state index contributed by atoms with van der Waals surface area (Å²) < 4.78 is 0. The summed E-state index contributed by atoms with van der Waals surface area (Å²) in [6.45, 7) is 6.92. The molecule has 0 radical (unpaired) electrons. The quantitative estimate of drug-likeness (QED) is 0.878. The molecular formula is C16H24N2. The van der Waals surface area contributed by atoms with Crippen LogP contribution in [0.1, 0.15) is 36.5 Å². The second kappa shape index (κ2) is 5.41. The molecule has 2 heteroatoms. The molecule has 0 bridgehead atoms. The zero-order chi connectivity index (χ0) is 12.4. The third-order valence-corrected chi connectivity index (χ3v) is 4.49. The largest absolute Gasteiger partial charge is 0.314 e. The summed E-state index contributed by atoms with van der Waals surface area (Å²) in [7, 11) is 0. The third-order valence-electron chi connectivity index (χ3n) is 4.49. The molecule has 1 saturated heterocycles. The minimum Gasteiger partial charge on any atom is -0.314 e. The fraction of sp³-hybridized carbons (Fsp3) is 0.625. The van der Waals surface area contributed by atoms with Crippen molar-refractivity contribution in [2.24, 2.45) is 0 Å². The number of rotatable bonds is 3. The van der Waals surface area contributed by atoms with E-state index < -0.39 is 0 Å². The van der Waals surface area contributed by atoms with E-state index in [1.807, 2.05) is 0 Å². The van der Waals surface area contributed by atoms with Gasteiger partial charge in [-0.05, 0) is 42.4 Å². The molecule has 1 aromatic carbocycles. The van der Waals surface area contributed by atoms with Crippen LogP contribution in [-0.4, -0.2) is 30.6 Å². The third kappa shape index (κ3) is 2.45. The molecular weight excluding hydrogens is 220 g/mol. The minimum atomic E-state index is 0.715. The molecule has 18 heavy (non-hydrogen) atoms. The van der Waals surface area contributed by atoms with Gasteiger partial charge in [0.15, 0.2) is 0 Å². The van der Waals surface area contributed by atoms with Gasteiger partial charge in [0.05, 0.1) is 0 Å². The SMILES string of the molecule is CCC1CNCCN1Cc1ccc2c(c1)CCC2. The van der Waals surface area contributed by atoms with E-state index in [0.29, 0.717) is 6.04 Å². The Kier molecular flexibility index (Phi) is 3.67. The second-order valence-electron chi connectivity index (χ2n) is 5.69. The Morgan fingerprint density at radius 1 is 1.28 bits per heavy atom. The van der Waals surface area contributed by atoms with Gasteiger partial charge < -0.3 is 5.32 Å². The summed E-state index contributed by atoms with van der Waals surface area (Å²) in [6, 6.07) is 7.88. The first-order valence-corrected chi connectivity index (χ1v) is 7.42. The van der Waals surface area contributed by atoms with Crippen LogP contribution in [0.5, 0.6) is 0 Å². The van der Waals surface area contributed by atoms with Crippen molar-refractivity contribution in [2.75, 3.05) is 19.6 Å². The normalized spacial score (nSPS) is 24.2. The molecule has 0 spiro atoms. The van der Waals surface area contributed by atoms with Crippen LogP contribution in [0.3, 0.4) is 0 Å². The van der Waals surface area contributed by atoms with Crippen molar-refractivity contribution in [3.05, 3.63) is 34.9 Å². The Bertz CT molecular complexity index is 414. The Hall–Kier alpha value is -0.860. The van der Waals surface area contributed by atoms with Gasteiger partial charge in [-0.25, -0.2) is 0 Å². The van der Waals surface area contributed by atoms with Crippen LogP contribution in [-0.2, 0) is 19.4 Å². The molecule has 1 aromatic rings. The van der Waals surface area contributed by atoms with Crippen LogP contribution in [0.2, 0.25) is 0 Å². The predicted molar refractivity (Wildman–Crippen MR) is 75.8 cm³/mol. The maximum absolute atomic E-state index is 3.50. The van der Waals surface area contributed by atoms with Crippen molar-refractivity contribution in [1.29, 1.82) is 0 Å². The van der Waals surface area contributed by atoms with Crippen LogP contribution < -0.4 is 5.32 Å². The molecule has 2 aliphatic rings. The fourth-order valence-corrected chi connectivity index (χ4v) is 3.37. The molecule has 98 valence electrons. The van der Waals surface area contributed by atoms with Crippen molar-refractivity contribution in [3.63, 3.8) is 0 Å². The number of hydrogen-bond donors (Lipinski definition) is 1. The van der Waals surface area contributed by atoms with Gasteiger partial charge >= 0.3 is 0 Å². The lowest BCUT2D eigenvalue weighted by Gasteiger charge is -2.35. The van der Waals surface area contributed by atoms with Gasteiger partial charge in [0.25, 0.3) is 0 Å². The summed E-state index contributed by atoms with van der Waals surface area (Å²) in [4.78, 5) is 2.65. The zero-order valence-electron chi connectivity index (χ0n) is 11.4. The van der Waals surface area contributed by atoms with Gasteiger partial charge in [0.2, 0.25) is 0 Å². The highest BCUT2D eigenvalue weighted by Gasteiger charge is 2.21. The Morgan fingerprint density at radius 3 is 3.06 bits per heavy atom. The van der Waals surface area contributed by atoms with E-state index in [2.05, 4.69) is 35.3 Å². The predicted octanol–water partition coefficient (Wildman–Crippen LogP) is 2.36. The van der Waals surface area contributed by atoms with Crippen molar-refractivity contribution in [1.82, 2.24) is 10.2 Å². The first-order valence-electron chi connectivity index (χ1n) is 7.42. The molecule has 2 nitrogen and oxygen atoms in total. The summed E-state index contributed by atoms with van der Waals surface area (Å²) in [5.41, 5.74) is 4.71. The van der Waals surface area contributed by atoms with Crippen LogP contribution in [0.25, 0.3) is 0 Å². The molecule has 0 amide bonds. The number of nitrogens with zero attached hydrogens (tertiary/aromatic N) is 1. The number of piperazine rings is 1. The number of benzene rings is 1. The van der Waals surface area contributed by atoms with Crippen LogP contribution >= 0.6 is 0 Å². The van der Waals surface area contributed by atoms with Gasteiger partial charge in [0, 0.05) is 32.2 Å². The van der Waals surface area contributed by atoms with E-state index in [1.165, 1.54) is 37.8 Å². The van der Waals surface area contributed by atoms with Crippen molar-refractivity contribution < 1.29 is 0 Å². The molecule has 1 N–H and O–H groups in total. The van der Waals surface area contributed by atoms with Gasteiger partial charge in [-0.1, -0.05) is 25.1 Å². The first-order chi connectivity index (χ1) is 8.86. The fourth-order valence-electron chi connectivity index (χ4n) is 3.37. The lowest BCUT2D eigenvalue weighted by Crippen LogP contribution is -2.50. The molecule has 1 aliphatic heterocycles. The standard InChI is InChI=1S/C16H24N2/c1-2-16-11-17-8-9-18(16)12-13-6-7-14-4-3-5-15(14)10-13/h6-7,10,16-17H,2-5,8-9,11-12H2,1H3. The van der Waals surface area contributed by atoms with Gasteiger partial charge in [-0.2, -0.15) is 0 Å². The molecule has 1 unspecified atom stereocenters. The molecule has 0 aromatic heterocycles. The molecule has 1 heterocycles. The van der Waals surface area contributed by atoms with Crippen molar-refractivity contribution >= 4 is 0 Å². The number of aryl methyl sites for hydroxylation is 2. The monoisotopic (exact) mass is 244 g/mol. The second-order valence-corrected chi connectivity index (χ2v) is 5.69. The lowest BCUT2D eigenvalue weighted by molar-refractivity contribution is 0.149. The smallest absolute Gasteiger partial charge is 0.0237 e. The van der Waals surface area contributed by atoms with Crippen LogP contribution in [0.15, 0.2) is 18.2 Å². The van der Waals surface area contributed by atoms with Gasteiger partial charge in [-0.3, -0.25) is 4.90 Å². The summed E-state index contributed by atoms with van der Waals surface area (Å²) >= 11 is 0. The Labute approximate surface area is 110 Å². The minimum absolute atomic E-state index is 0.715. The topological polar surface area (TPSA) is 15.3 Å². The molecule has 0 saturated carbocycles. The van der Waals surface area contributed by atoms with Crippen molar-refractivity contribution in [2.45, 2.75) is 45.2 Å². The van der Waals surface area contributed by atoms with Crippen molar-refractivity contribution in [3.8, 4) is 0 Å². The highest BCUT2D eigenvalue weighted by Crippen LogP contribution is 2.24. The zero-order valence-corrected chi connectivity index (χ0v) is 11.4. The average Bonchev–Trinajstić information content (AvgIpc) is 2.87. The number of nitrogens with one attached hydrogen (secondary N) is 1. The van der Waals surface area contributed by atoms with Gasteiger partial charge in [0.1, 0.15) is 0 Å². The van der Waals surface area contributed by atoms with E-state index in [-0.39, 0.29) is 0 Å². The van der Waals surface area contributed by atoms with Gasteiger partial charge in [-0.15, -0.1) is 0 Å². The van der Waals surface area contributed by atoms with E-state index in [9.17, 15) is 0 Å². The molecule has 1 atom stereocenters. The highest BCUT2D eigenvalue weighted by atomic mass is 15.2. The van der Waals surface area contributed by atoms with E-state index in [0.717, 1.165) is 19.6 Å². The van der Waals surface area contributed by atoms with Crippen LogP contribution in [0, 0.1) is 0 Å². The van der Waals surface area contributed by atoms with Crippen LogP contribution in [0.4, 0.5) is 0 Å². The highest BCUT2D eigenvalue weighted by molar-refractivity contribution is 5.35. The Morgan fingerprint density at radius 2 is 2.17 bits per heavy atom. The number of fused-ring (bicyclic) bond motifs is 1. The van der Waals surface area contributed by atoms with E-state index >= 15 is 0 Å². The summed E-state index contributed by atoms with van der Waals surface area (Å²) in [5, 5.41) is 3.50. The average molecular weight is 244 g/mol. The first kappa shape index (κ1) is 12.2. The number of hydrogen-bond acceptors (Lipinski definition) is 2. The lowest BCUT2D eigenvalue weighted by atomic mass is 10.0. The molecule has 3 rings (SSSR count). The summed E-state index contributed by atoms with van der Waals surface area (Å²) in [6.07, 6.45) is 5.19. The Balaban J connectivity index is 1.71. The van der Waals surface area contributed by atoms with E-state index in [1.54, 1.807) is 11.1 Å². The van der Waals surface area contributed by atoms with E-state index in [4.69, 9.17) is 0 Å². The molecule has 1 fully saturated rings. The summed E-state index contributed by atoms with van der Waals surface area (Å²) in [5.74, 6) is 0.